The molecule has 7 heteroatoms. The van der Waals surface area contributed by atoms with Crippen molar-refractivity contribution >= 4 is 12.0 Å². The van der Waals surface area contributed by atoms with Gasteiger partial charge in [0.25, 0.3) is 11.8 Å². The van der Waals surface area contributed by atoms with Crippen LogP contribution >= 0.6 is 0 Å². The molecule has 3 aromatic rings. The number of carbonyl (C=O) groups is 1. The zero-order valence-corrected chi connectivity index (χ0v) is 13.5. The molecule has 0 aliphatic rings. The largest absolute Gasteiger partial charge is 0.493 e. The monoisotopic (exact) mass is 340 g/mol. The molecule has 2 aromatic heterocycles. The normalized spacial score (nSPS) is 10.9. The first-order valence-electron chi connectivity index (χ1n) is 7.69. The SMILES string of the molecule is CCOc1ccccc1/C=C/C(=O)OCc1nnc(-c2ccco2)o1. The van der Waals surface area contributed by atoms with Gasteiger partial charge in [0.15, 0.2) is 12.4 Å². The number of hydrogen-bond acceptors (Lipinski definition) is 7. The molecular formula is C18H16N2O5. The molecule has 3 rings (SSSR count). The Kier molecular flexibility index (Phi) is 5.26. The summed E-state index contributed by atoms with van der Waals surface area (Å²) in [6.45, 7) is 2.32. The highest BCUT2D eigenvalue weighted by Gasteiger charge is 2.11. The van der Waals surface area contributed by atoms with Crippen LogP contribution in [0.3, 0.4) is 0 Å². The standard InChI is InChI=1S/C18H16N2O5/c1-2-22-14-7-4-3-6-13(14)9-10-17(21)24-12-16-19-20-18(25-16)15-8-5-11-23-15/h3-11H,2,12H2,1H3/b10-9+. The van der Waals surface area contributed by atoms with E-state index >= 15 is 0 Å². The van der Waals surface area contributed by atoms with Crippen LogP contribution in [-0.2, 0) is 16.1 Å². The maximum Gasteiger partial charge on any atom is 0.331 e. The van der Waals surface area contributed by atoms with Crippen molar-refractivity contribution in [1.82, 2.24) is 10.2 Å². The van der Waals surface area contributed by atoms with E-state index in [0.29, 0.717) is 18.1 Å². The third-order valence-electron chi connectivity index (χ3n) is 3.15. The molecule has 7 nitrogen and oxygen atoms in total. The Morgan fingerprint density at radius 1 is 1.20 bits per heavy atom. The fourth-order valence-electron chi connectivity index (χ4n) is 2.06. The van der Waals surface area contributed by atoms with Crippen LogP contribution in [0.5, 0.6) is 5.75 Å². The Hall–Kier alpha value is -3.35. The van der Waals surface area contributed by atoms with Gasteiger partial charge in [-0.2, -0.15) is 0 Å². The summed E-state index contributed by atoms with van der Waals surface area (Å²) < 4.78 is 21.1. The molecule has 0 aliphatic heterocycles. The summed E-state index contributed by atoms with van der Waals surface area (Å²) in [4.78, 5) is 11.8. The smallest absolute Gasteiger partial charge is 0.331 e. The molecule has 0 unspecified atom stereocenters. The van der Waals surface area contributed by atoms with Crippen molar-refractivity contribution in [3.05, 3.63) is 60.2 Å². The lowest BCUT2D eigenvalue weighted by Crippen LogP contribution is -2.01. The van der Waals surface area contributed by atoms with Crippen molar-refractivity contribution in [2.24, 2.45) is 0 Å². The van der Waals surface area contributed by atoms with E-state index in [1.807, 2.05) is 31.2 Å². The third kappa shape index (κ3) is 4.35. The number of nitrogens with zero attached hydrogens (tertiary/aromatic N) is 2. The van der Waals surface area contributed by atoms with E-state index in [9.17, 15) is 4.79 Å². The number of carbonyl (C=O) groups excluding carboxylic acids is 1. The van der Waals surface area contributed by atoms with Gasteiger partial charge in [-0.1, -0.05) is 18.2 Å². The summed E-state index contributed by atoms with van der Waals surface area (Å²) >= 11 is 0. The molecule has 0 bridgehead atoms. The molecule has 25 heavy (non-hydrogen) atoms. The Balaban J connectivity index is 1.56. The number of hydrogen-bond donors (Lipinski definition) is 0. The van der Waals surface area contributed by atoms with E-state index in [1.54, 1.807) is 18.2 Å². The number of aromatic nitrogens is 2. The van der Waals surface area contributed by atoms with Crippen molar-refractivity contribution < 1.29 is 23.1 Å². The van der Waals surface area contributed by atoms with E-state index < -0.39 is 5.97 Å². The van der Waals surface area contributed by atoms with Gasteiger partial charge >= 0.3 is 5.97 Å². The molecule has 0 fully saturated rings. The van der Waals surface area contributed by atoms with Crippen LogP contribution in [0, 0.1) is 0 Å². The molecule has 128 valence electrons. The number of para-hydroxylation sites is 1. The van der Waals surface area contributed by atoms with Gasteiger partial charge in [0.05, 0.1) is 12.9 Å². The molecule has 2 heterocycles. The first kappa shape index (κ1) is 16.5. The molecule has 0 spiro atoms. The van der Waals surface area contributed by atoms with E-state index in [4.69, 9.17) is 18.3 Å². The average Bonchev–Trinajstić information content (AvgIpc) is 3.31. The second-order valence-corrected chi connectivity index (χ2v) is 4.89. The molecular weight excluding hydrogens is 324 g/mol. The van der Waals surface area contributed by atoms with Gasteiger partial charge in [-0.25, -0.2) is 4.79 Å². The van der Waals surface area contributed by atoms with Gasteiger partial charge in [-0.15, -0.1) is 10.2 Å². The van der Waals surface area contributed by atoms with E-state index in [1.165, 1.54) is 12.3 Å². The van der Waals surface area contributed by atoms with Crippen LogP contribution in [0.4, 0.5) is 0 Å². The summed E-state index contributed by atoms with van der Waals surface area (Å²) in [6, 6.07) is 10.8. The fourth-order valence-corrected chi connectivity index (χ4v) is 2.06. The Bertz CT molecular complexity index is 852. The van der Waals surface area contributed by atoms with E-state index in [0.717, 1.165) is 5.56 Å². The zero-order valence-electron chi connectivity index (χ0n) is 13.5. The highest BCUT2D eigenvalue weighted by atomic mass is 16.5. The van der Waals surface area contributed by atoms with Gasteiger partial charge in [-0.3, -0.25) is 0 Å². The predicted octanol–water partition coefficient (Wildman–Crippen LogP) is 3.48. The number of esters is 1. The number of ether oxygens (including phenoxy) is 2. The summed E-state index contributed by atoms with van der Waals surface area (Å²) in [6.07, 6.45) is 4.46. The van der Waals surface area contributed by atoms with Crippen molar-refractivity contribution in [2.75, 3.05) is 6.61 Å². The van der Waals surface area contributed by atoms with Crippen LogP contribution in [0.1, 0.15) is 18.4 Å². The number of rotatable bonds is 7. The minimum Gasteiger partial charge on any atom is -0.493 e. The Labute approximate surface area is 143 Å². The summed E-state index contributed by atoms with van der Waals surface area (Å²) in [5.41, 5.74) is 0.791. The van der Waals surface area contributed by atoms with Crippen LogP contribution in [0.15, 0.2) is 57.6 Å². The van der Waals surface area contributed by atoms with Crippen molar-refractivity contribution in [2.45, 2.75) is 13.5 Å². The fraction of sp³-hybridized carbons (Fsp3) is 0.167. The first-order valence-corrected chi connectivity index (χ1v) is 7.69. The highest BCUT2D eigenvalue weighted by Crippen LogP contribution is 2.20. The first-order chi connectivity index (χ1) is 12.3. The van der Waals surface area contributed by atoms with Crippen LogP contribution < -0.4 is 4.74 Å². The van der Waals surface area contributed by atoms with Gasteiger partial charge in [0, 0.05) is 11.6 Å². The van der Waals surface area contributed by atoms with E-state index in [2.05, 4.69) is 10.2 Å². The average molecular weight is 340 g/mol. The zero-order chi connectivity index (χ0) is 17.5. The third-order valence-corrected chi connectivity index (χ3v) is 3.15. The second-order valence-electron chi connectivity index (χ2n) is 4.89. The lowest BCUT2D eigenvalue weighted by Gasteiger charge is -2.06. The van der Waals surface area contributed by atoms with Gasteiger partial charge < -0.3 is 18.3 Å². The molecule has 0 radical (unpaired) electrons. The second kappa shape index (κ2) is 7.96. The van der Waals surface area contributed by atoms with Gasteiger partial charge in [0.2, 0.25) is 0 Å². The molecule has 0 N–H and O–H groups in total. The minimum absolute atomic E-state index is 0.121. The number of benzene rings is 1. The molecule has 0 saturated heterocycles. The van der Waals surface area contributed by atoms with Crippen molar-refractivity contribution in [1.29, 1.82) is 0 Å². The Morgan fingerprint density at radius 3 is 2.88 bits per heavy atom. The quantitative estimate of drug-likeness (QED) is 0.480. The summed E-state index contributed by atoms with van der Waals surface area (Å²) in [7, 11) is 0. The predicted molar refractivity (Wildman–Crippen MR) is 88.4 cm³/mol. The maximum absolute atomic E-state index is 11.8. The van der Waals surface area contributed by atoms with Crippen LogP contribution in [0.2, 0.25) is 0 Å². The van der Waals surface area contributed by atoms with Crippen molar-refractivity contribution in [3.63, 3.8) is 0 Å². The maximum atomic E-state index is 11.8. The van der Waals surface area contributed by atoms with Crippen molar-refractivity contribution in [3.8, 4) is 17.4 Å². The van der Waals surface area contributed by atoms with Gasteiger partial charge in [0.1, 0.15) is 5.75 Å². The minimum atomic E-state index is -0.524. The molecule has 0 saturated carbocycles. The molecule has 0 amide bonds. The Morgan fingerprint density at radius 2 is 2.08 bits per heavy atom. The highest BCUT2D eigenvalue weighted by molar-refractivity contribution is 5.87. The summed E-state index contributed by atoms with van der Waals surface area (Å²) in [5, 5.41) is 7.63. The van der Waals surface area contributed by atoms with Gasteiger partial charge in [-0.05, 0) is 31.2 Å². The van der Waals surface area contributed by atoms with Crippen LogP contribution in [0.25, 0.3) is 17.7 Å². The molecule has 0 atom stereocenters. The lowest BCUT2D eigenvalue weighted by molar-refractivity contribution is -0.139. The molecule has 1 aromatic carbocycles. The topological polar surface area (TPSA) is 87.6 Å². The van der Waals surface area contributed by atoms with Crippen LogP contribution in [-0.4, -0.2) is 22.8 Å². The number of furan rings is 1. The summed E-state index contributed by atoms with van der Waals surface area (Å²) in [5.74, 6) is 1.05. The molecule has 0 aliphatic carbocycles. The van der Waals surface area contributed by atoms with E-state index in [-0.39, 0.29) is 18.4 Å². The lowest BCUT2D eigenvalue weighted by atomic mass is 10.2.